The van der Waals surface area contributed by atoms with E-state index < -0.39 is 5.97 Å². The predicted octanol–water partition coefficient (Wildman–Crippen LogP) is 2.97. The minimum absolute atomic E-state index is 0.220. The van der Waals surface area contributed by atoms with Crippen LogP contribution in [0.4, 0.5) is 0 Å². The highest BCUT2D eigenvalue weighted by Gasteiger charge is 2.18. The van der Waals surface area contributed by atoms with Crippen molar-refractivity contribution in [2.75, 3.05) is 19.8 Å². The zero-order valence-corrected chi connectivity index (χ0v) is 11.2. The maximum Gasteiger partial charge on any atom is 0.339 e. The molecule has 1 aromatic rings. The largest absolute Gasteiger partial charge is 0.462 e. The highest BCUT2D eigenvalue weighted by Crippen LogP contribution is 2.20. The van der Waals surface area contributed by atoms with Gasteiger partial charge in [0.15, 0.2) is 0 Å². The van der Waals surface area contributed by atoms with Crippen LogP contribution in [0, 0.1) is 5.92 Å². The summed E-state index contributed by atoms with van der Waals surface area (Å²) in [4.78, 5) is 15.6. The van der Waals surface area contributed by atoms with E-state index in [1.165, 1.54) is 12.3 Å². The number of hydrogen-bond acceptors (Lipinski definition) is 4. The molecule has 0 aliphatic carbocycles. The van der Waals surface area contributed by atoms with Crippen molar-refractivity contribution in [3.63, 3.8) is 0 Å². The summed E-state index contributed by atoms with van der Waals surface area (Å²) in [6.07, 6.45) is 3.17. The first-order valence-electron chi connectivity index (χ1n) is 5.72. The average Bonchev–Trinajstić information content (AvgIpc) is 2.40. The molecule has 2 rings (SSSR count). The molecular weight excluding hydrogens is 277 g/mol. The summed E-state index contributed by atoms with van der Waals surface area (Å²) in [6.45, 7) is 1.84. The fourth-order valence-corrected chi connectivity index (χ4v) is 2.09. The molecule has 18 heavy (non-hydrogen) atoms. The van der Waals surface area contributed by atoms with Gasteiger partial charge in [-0.1, -0.05) is 23.2 Å². The molecule has 98 valence electrons. The Morgan fingerprint density at radius 3 is 2.89 bits per heavy atom. The molecule has 1 aliphatic heterocycles. The summed E-state index contributed by atoms with van der Waals surface area (Å²) in [7, 11) is 0. The first-order valence-corrected chi connectivity index (χ1v) is 6.48. The van der Waals surface area contributed by atoms with Crippen molar-refractivity contribution in [3.05, 3.63) is 28.0 Å². The molecule has 6 heteroatoms. The second-order valence-electron chi connectivity index (χ2n) is 4.14. The molecule has 0 N–H and O–H groups in total. The average molecular weight is 290 g/mol. The maximum atomic E-state index is 11.8. The Morgan fingerprint density at radius 2 is 2.17 bits per heavy atom. The van der Waals surface area contributed by atoms with Crippen molar-refractivity contribution in [2.24, 2.45) is 5.92 Å². The van der Waals surface area contributed by atoms with E-state index in [9.17, 15) is 4.79 Å². The summed E-state index contributed by atoms with van der Waals surface area (Å²) >= 11 is 11.6. The molecule has 1 saturated heterocycles. The van der Waals surface area contributed by atoms with Gasteiger partial charge in [-0.05, 0) is 24.8 Å². The third-order valence-corrected chi connectivity index (χ3v) is 3.34. The van der Waals surface area contributed by atoms with E-state index in [1.54, 1.807) is 0 Å². The zero-order chi connectivity index (χ0) is 13.0. The van der Waals surface area contributed by atoms with Gasteiger partial charge in [0.25, 0.3) is 0 Å². The van der Waals surface area contributed by atoms with E-state index in [1.807, 2.05) is 0 Å². The van der Waals surface area contributed by atoms with Gasteiger partial charge in [-0.15, -0.1) is 0 Å². The van der Waals surface area contributed by atoms with Gasteiger partial charge in [0.1, 0.15) is 5.15 Å². The number of halogens is 2. The number of hydrogen-bond donors (Lipinski definition) is 0. The number of carbonyl (C=O) groups excluding carboxylic acids is 1. The van der Waals surface area contributed by atoms with E-state index in [-0.39, 0.29) is 15.7 Å². The van der Waals surface area contributed by atoms with Crippen LogP contribution in [0.1, 0.15) is 23.2 Å². The molecule has 0 bridgehead atoms. The predicted molar refractivity (Wildman–Crippen MR) is 68.1 cm³/mol. The number of pyridine rings is 1. The van der Waals surface area contributed by atoms with Crippen molar-refractivity contribution >= 4 is 29.2 Å². The van der Waals surface area contributed by atoms with E-state index in [0.717, 1.165) is 26.1 Å². The van der Waals surface area contributed by atoms with Crippen molar-refractivity contribution in [3.8, 4) is 0 Å². The lowest BCUT2D eigenvalue weighted by Crippen LogP contribution is -2.22. The number of ether oxygens (including phenoxy) is 2. The summed E-state index contributed by atoms with van der Waals surface area (Å²) < 4.78 is 10.5. The Kier molecular flexibility index (Phi) is 4.80. The van der Waals surface area contributed by atoms with Gasteiger partial charge in [0, 0.05) is 19.4 Å². The molecule has 0 aromatic carbocycles. The van der Waals surface area contributed by atoms with Crippen molar-refractivity contribution in [2.45, 2.75) is 12.8 Å². The molecule has 4 nitrogen and oxygen atoms in total. The molecule has 0 unspecified atom stereocenters. The minimum Gasteiger partial charge on any atom is -0.462 e. The Morgan fingerprint density at radius 1 is 1.44 bits per heavy atom. The third kappa shape index (κ3) is 3.57. The molecule has 0 saturated carbocycles. The maximum absolute atomic E-state index is 11.8. The van der Waals surface area contributed by atoms with Crippen molar-refractivity contribution in [1.82, 2.24) is 4.98 Å². The zero-order valence-electron chi connectivity index (χ0n) is 9.70. The van der Waals surface area contributed by atoms with Crippen LogP contribution in [-0.4, -0.2) is 30.8 Å². The summed E-state index contributed by atoms with van der Waals surface area (Å²) in [5.74, 6) is -0.102. The van der Waals surface area contributed by atoms with E-state index in [0.29, 0.717) is 12.5 Å². The molecule has 1 aromatic heterocycles. The fourth-order valence-electron chi connectivity index (χ4n) is 1.75. The monoisotopic (exact) mass is 289 g/mol. The standard InChI is InChI=1S/C12H13Cl2NO3/c13-10-6-15-11(14)5-9(10)12(16)18-7-8-1-3-17-4-2-8/h5-6,8H,1-4,7H2. The lowest BCUT2D eigenvalue weighted by atomic mass is 10.0. The molecular formula is C12H13Cl2NO3. The highest BCUT2D eigenvalue weighted by molar-refractivity contribution is 6.34. The Labute approximate surface area is 115 Å². The van der Waals surface area contributed by atoms with Crippen LogP contribution in [0.25, 0.3) is 0 Å². The molecule has 0 amide bonds. The van der Waals surface area contributed by atoms with Crippen LogP contribution in [0.5, 0.6) is 0 Å². The van der Waals surface area contributed by atoms with E-state index >= 15 is 0 Å². The second kappa shape index (κ2) is 6.36. The molecule has 0 radical (unpaired) electrons. The third-order valence-electron chi connectivity index (χ3n) is 2.83. The number of aromatic nitrogens is 1. The van der Waals surface area contributed by atoms with Gasteiger partial charge < -0.3 is 9.47 Å². The van der Waals surface area contributed by atoms with Crippen molar-refractivity contribution < 1.29 is 14.3 Å². The van der Waals surface area contributed by atoms with Crippen molar-refractivity contribution in [1.29, 1.82) is 0 Å². The van der Waals surface area contributed by atoms with Crippen LogP contribution in [0.15, 0.2) is 12.3 Å². The number of rotatable bonds is 3. The Bertz CT molecular complexity index is 433. The Hall–Kier alpha value is -0.840. The molecule has 2 heterocycles. The summed E-state index contributed by atoms with van der Waals surface area (Å²) in [5, 5.41) is 0.466. The van der Waals surface area contributed by atoms with Gasteiger partial charge in [0.05, 0.1) is 17.2 Å². The van der Waals surface area contributed by atoms with Crippen LogP contribution in [-0.2, 0) is 9.47 Å². The topological polar surface area (TPSA) is 48.4 Å². The Balaban J connectivity index is 1.92. The van der Waals surface area contributed by atoms with E-state index in [2.05, 4.69) is 4.98 Å². The quantitative estimate of drug-likeness (QED) is 0.634. The molecule has 1 aliphatic rings. The van der Waals surface area contributed by atoms with Gasteiger partial charge >= 0.3 is 5.97 Å². The first-order chi connectivity index (χ1) is 8.66. The minimum atomic E-state index is -0.462. The van der Waals surface area contributed by atoms with Gasteiger partial charge in [0.2, 0.25) is 0 Å². The van der Waals surface area contributed by atoms with Crippen LogP contribution >= 0.6 is 23.2 Å². The molecule has 1 fully saturated rings. The number of carbonyl (C=O) groups is 1. The SMILES string of the molecule is O=C(OCC1CCOCC1)c1cc(Cl)ncc1Cl. The number of esters is 1. The van der Waals surface area contributed by atoms with Crippen LogP contribution in [0.2, 0.25) is 10.2 Å². The number of nitrogens with zero attached hydrogens (tertiary/aromatic N) is 1. The van der Waals surface area contributed by atoms with E-state index in [4.69, 9.17) is 32.7 Å². The highest BCUT2D eigenvalue weighted by atomic mass is 35.5. The van der Waals surface area contributed by atoms with Gasteiger partial charge in [-0.2, -0.15) is 0 Å². The lowest BCUT2D eigenvalue weighted by molar-refractivity contribution is 0.0185. The van der Waals surface area contributed by atoms with Gasteiger partial charge in [-0.25, -0.2) is 9.78 Å². The summed E-state index contributed by atoms with van der Waals surface area (Å²) in [6, 6.07) is 1.41. The van der Waals surface area contributed by atoms with Crippen LogP contribution < -0.4 is 0 Å². The van der Waals surface area contributed by atoms with Gasteiger partial charge in [-0.3, -0.25) is 0 Å². The fraction of sp³-hybridized carbons (Fsp3) is 0.500. The first kappa shape index (κ1) is 13.6. The molecule has 0 atom stereocenters. The summed E-state index contributed by atoms with van der Waals surface area (Å²) in [5.41, 5.74) is 0.253. The normalized spacial score (nSPS) is 16.6. The van der Waals surface area contributed by atoms with Crippen LogP contribution in [0.3, 0.4) is 0 Å². The lowest BCUT2D eigenvalue weighted by Gasteiger charge is -2.21. The second-order valence-corrected chi connectivity index (χ2v) is 4.94. The molecule has 0 spiro atoms. The smallest absolute Gasteiger partial charge is 0.339 e.